The molecule has 0 radical (unpaired) electrons. The summed E-state index contributed by atoms with van der Waals surface area (Å²) in [6.07, 6.45) is 6.61. The summed E-state index contributed by atoms with van der Waals surface area (Å²) in [6.45, 7) is 5.14. The van der Waals surface area contributed by atoms with Crippen LogP contribution in [-0.2, 0) is 6.54 Å². The third-order valence-electron chi connectivity index (χ3n) is 5.78. The highest BCUT2D eigenvalue weighted by Gasteiger charge is 2.41. The number of hydrogen-bond acceptors (Lipinski definition) is 3. The van der Waals surface area contributed by atoms with Gasteiger partial charge in [-0.2, -0.15) is 0 Å². The van der Waals surface area contributed by atoms with Crippen molar-refractivity contribution in [2.24, 2.45) is 0 Å². The lowest BCUT2D eigenvalue weighted by atomic mass is 9.97. The Morgan fingerprint density at radius 2 is 1.96 bits per heavy atom. The van der Waals surface area contributed by atoms with Crippen LogP contribution in [0.1, 0.15) is 42.6 Å². The average molecular weight is 370 g/mol. The first-order valence-corrected chi connectivity index (χ1v) is 9.92. The first-order valence-electron chi connectivity index (χ1n) is 9.51. The number of furan rings is 1. The Morgan fingerprint density at radius 3 is 2.65 bits per heavy atom. The zero-order valence-electron chi connectivity index (χ0n) is 15.5. The smallest absolute Gasteiger partial charge is 0.171 e. The molecule has 2 aliphatic rings. The molecule has 2 aliphatic heterocycles. The van der Waals surface area contributed by atoms with Crippen LogP contribution in [0.2, 0.25) is 0 Å². The molecule has 0 spiro atoms. The van der Waals surface area contributed by atoms with Crippen molar-refractivity contribution in [3.8, 4) is 0 Å². The van der Waals surface area contributed by atoms with Gasteiger partial charge in [-0.05, 0) is 81.1 Å². The minimum atomic E-state index is 0.450. The fourth-order valence-electron chi connectivity index (χ4n) is 4.45. The maximum atomic E-state index is 5.59. The van der Waals surface area contributed by atoms with Crippen LogP contribution in [0.4, 0.5) is 5.69 Å². The molecule has 2 saturated heterocycles. The standard InChI is InChI=1S/C21H27N3OS/c1-14-5-6-15(2)20(10-14)23-21(26)22-16-11-17-7-8-18(12-16)24(17)13-19-4-3-9-25-19/h3-6,9-10,16-18H,7-8,11-13H2,1-2H3,(H2,22,23,26)/t17-,18-/m0/s1. The predicted octanol–water partition coefficient (Wildman–Crippen LogP) is 4.38. The highest BCUT2D eigenvalue weighted by Crippen LogP contribution is 2.37. The molecule has 2 aromatic rings. The molecule has 0 aliphatic carbocycles. The van der Waals surface area contributed by atoms with E-state index in [-0.39, 0.29) is 0 Å². The van der Waals surface area contributed by atoms with Gasteiger partial charge in [0.1, 0.15) is 5.76 Å². The number of benzene rings is 1. The molecule has 0 saturated carbocycles. The van der Waals surface area contributed by atoms with Crippen LogP contribution in [0.15, 0.2) is 41.0 Å². The number of nitrogens with zero attached hydrogens (tertiary/aromatic N) is 1. The third-order valence-corrected chi connectivity index (χ3v) is 6.00. The topological polar surface area (TPSA) is 40.4 Å². The molecule has 1 aromatic carbocycles. The molecule has 2 fully saturated rings. The minimum Gasteiger partial charge on any atom is -0.468 e. The van der Waals surface area contributed by atoms with E-state index in [1.165, 1.54) is 24.0 Å². The second-order valence-corrected chi connectivity index (χ2v) is 8.13. The van der Waals surface area contributed by atoms with E-state index >= 15 is 0 Å². The Labute approximate surface area is 161 Å². The summed E-state index contributed by atoms with van der Waals surface area (Å²) in [5.41, 5.74) is 3.55. The van der Waals surface area contributed by atoms with Crippen LogP contribution in [0.25, 0.3) is 0 Å². The number of fused-ring (bicyclic) bond motifs is 2. The third kappa shape index (κ3) is 3.79. The number of aryl methyl sites for hydroxylation is 2. The average Bonchev–Trinajstić information content (AvgIpc) is 3.18. The van der Waals surface area contributed by atoms with E-state index < -0.39 is 0 Å². The van der Waals surface area contributed by atoms with Gasteiger partial charge in [0.2, 0.25) is 0 Å². The van der Waals surface area contributed by atoms with Crippen molar-refractivity contribution in [3.05, 3.63) is 53.5 Å². The molecular weight excluding hydrogens is 342 g/mol. The summed E-state index contributed by atoms with van der Waals surface area (Å²) in [6, 6.07) is 12.2. The molecule has 4 rings (SSSR count). The second kappa shape index (κ2) is 7.41. The van der Waals surface area contributed by atoms with E-state index in [0.29, 0.717) is 18.1 Å². The molecule has 4 nitrogen and oxygen atoms in total. The van der Waals surface area contributed by atoms with Gasteiger partial charge in [0.15, 0.2) is 5.11 Å². The van der Waals surface area contributed by atoms with Gasteiger partial charge < -0.3 is 15.1 Å². The number of piperidine rings is 1. The van der Waals surface area contributed by atoms with E-state index in [2.05, 4.69) is 53.6 Å². The summed E-state index contributed by atoms with van der Waals surface area (Å²) in [5, 5.41) is 7.69. The van der Waals surface area contributed by atoms with E-state index in [4.69, 9.17) is 16.6 Å². The molecule has 1 aromatic heterocycles. The van der Waals surface area contributed by atoms with Crippen LogP contribution in [-0.4, -0.2) is 28.1 Å². The summed E-state index contributed by atoms with van der Waals surface area (Å²) in [4.78, 5) is 2.62. The Bertz CT molecular complexity index is 760. The Morgan fingerprint density at radius 1 is 1.19 bits per heavy atom. The lowest BCUT2D eigenvalue weighted by Crippen LogP contribution is -2.50. The van der Waals surface area contributed by atoms with Gasteiger partial charge in [0, 0.05) is 23.8 Å². The van der Waals surface area contributed by atoms with Crippen LogP contribution in [0.3, 0.4) is 0 Å². The van der Waals surface area contributed by atoms with Crippen molar-refractivity contribution in [3.63, 3.8) is 0 Å². The Hall–Kier alpha value is -1.85. The number of thiocarbonyl (C=S) groups is 1. The summed E-state index contributed by atoms with van der Waals surface area (Å²) in [7, 11) is 0. The van der Waals surface area contributed by atoms with Gasteiger partial charge in [0.05, 0.1) is 12.8 Å². The predicted molar refractivity (Wildman–Crippen MR) is 109 cm³/mol. The van der Waals surface area contributed by atoms with Crippen molar-refractivity contribution in [1.82, 2.24) is 10.2 Å². The SMILES string of the molecule is Cc1ccc(C)c(NC(=S)NC2C[C@@H]3CC[C@@H](C2)N3Cc2ccco2)c1. The maximum absolute atomic E-state index is 5.59. The summed E-state index contributed by atoms with van der Waals surface area (Å²) >= 11 is 5.59. The molecule has 0 unspecified atom stereocenters. The lowest BCUT2D eigenvalue weighted by molar-refractivity contribution is 0.106. The fraction of sp³-hybridized carbons (Fsp3) is 0.476. The number of nitrogens with one attached hydrogen (secondary N) is 2. The molecule has 2 bridgehead atoms. The van der Waals surface area contributed by atoms with E-state index in [0.717, 1.165) is 35.9 Å². The highest BCUT2D eigenvalue weighted by atomic mass is 32.1. The first-order chi connectivity index (χ1) is 12.6. The van der Waals surface area contributed by atoms with E-state index in [1.807, 2.05) is 6.07 Å². The van der Waals surface area contributed by atoms with Crippen molar-refractivity contribution in [2.45, 2.75) is 64.2 Å². The van der Waals surface area contributed by atoms with Crippen molar-refractivity contribution < 1.29 is 4.42 Å². The second-order valence-electron chi connectivity index (χ2n) is 7.72. The Balaban J connectivity index is 1.34. The molecule has 26 heavy (non-hydrogen) atoms. The molecule has 2 atom stereocenters. The number of rotatable bonds is 4. The first kappa shape index (κ1) is 17.6. The van der Waals surface area contributed by atoms with Crippen LogP contribution in [0.5, 0.6) is 0 Å². The van der Waals surface area contributed by atoms with E-state index in [9.17, 15) is 0 Å². The fourth-order valence-corrected chi connectivity index (χ4v) is 4.72. The van der Waals surface area contributed by atoms with Gasteiger partial charge in [-0.3, -0.25) is 4.90 Å². The molecule has 3 heterocycles. The molecule has 0 amide bonds. The minimum absolute atomic E-state index is 0.450. The summed E-state index contributed by atoms with van der Waals surface area (Å²) < 4.78 is 5.55. The largest absolute Gasteiger partial charge is 0.468 e. The van der Waals surface area contributed by atoms with Crippen LogP contribution in [0, 0.1) is 13.8 Å². The van der Waals surface area contributed by atoms with Gasteiger partial charge in [-0.25, -0.2) is 0 Å². The molecular formula is C21H27N3OS. The van der Waals surface area contributed by atoms with Gasteiger partial charge in [-0.1, -0.05) is 12.1 Å². The monoisotopic (exact) mass is 369 g/mol. The van der Waals surface area contributed by atoms with Gasteiger partial charge in [0.25, 0.3) is 0 Å². The van der Waals surface area contributed by atoms with Crippen LogP contribution >= 0.6 is 12.2 Å². The summed E-state index contributed by atoms with van der Waals surface area (Å²) in [5.74, 6) is 1.07. The van der Waals surface area contributed by atoms with E-state index in [1.54, 1.807) is 6.26 Å². The molecule has 138 valence electrons. The van der Waals surface area contributed by atoms with Crippen molar-refractivity contribution >= 4 is 23.0 Å². The van der Waals surface area contributed by atoms with Gasteiger partial charge in [-0.15, -0.1) is 0 Å². The molecule has 2 N–H and O–H groups in total. The normalized spacial score (nSPS) is 25.2. The highest BCUT2D eigenvalue weighted by molar-refractivity contribution is 7.80. The zero-order chi connectivity index (χ0) is 18.1. The molecule has 5 heteroatoms. The lowest BCUT2D eigenvalue weighted by Gasteiger charge is -2.39. The number of hydrogen-bond donors (Lipinski definition) is 2. The van der Waals surface area contributed by atoms with Crippen molar-refractivity contribution in [1.29, 1.82) is 0 Å². The van der Waals surface area contributed by atoms with Crippen LogP contribution < -0.4 is 10.6 Å². The zero-order valence-corrected chi connectivity index (χ0v) is 16.3. The van der Waals surface area contributed by atoms with Crippen molar-refractivity contribution in [2.75, 3.05) is 5.32 Å². The Kier molecular flexibility index (Phi) is 5.00. The van der Waals surface area contributed by atoms with Gasteiger partial charge >= 0.3 is 0 Å². The quantitative estimate of drug-likeness (QED) is 0.783. The number of anilines is 1. The maximum Gasteiger partial charge on any atom is 0.171 e.